The second-order valence-electron chi connectivity index (χ2n) is 4.79. The van der Waals surface area contributed by atoms with Crippen molar-refractivity contribution in [2.24, 2.45) is 12.8 Å². The van der Waals surface area contributed by atoms with Gasteiger partial charge >= 0.3 is 0 Å². The Morgan fingerprint density at radius 2 is 2.06 bits per heavy atom. The lowest BCUT2D eigenvalue weighted by atomic mass is 10.1. The number of hydrogen-bond donors (Lipinski definition) is 1. The van der Waals surface area contributed by atoms with Crippen molar-refractivity contribution in [1.29, 1.82) is 0 Å². The van der Waals surface area contributed by atoms with E-state index in [2.05, 4.69) is 4.98 Å². The van der Waals surface area contributed by atoms with Crippen LogP contribution >= 0.6 is 0 Å². The molecular weight excluding hydrogens is 226 g/mol. The van der Waals surface area contributed by atoms with E-state index >= 15 is 0 Å². The minimum absolute atomic E-state index is 0.146. The molecule has 4 heteroatoms. The molecule has 0 amide bonds. The molecule has 0 saturated heterocycles. The lowest BCUT2D eigenvalue weighted by Crippen LogP contribution is -2.15. The van der Waals surface area contributed by atoms with E-state index in [1.807, 2.05) is 35.9 Å². The van der Waals surface area contributed by atoms with Crippen LogP contribution in [0.15, 0.2) is 36.8 Å². The van der Waals surface area contributed by atoms with E-state index in [1.54, 1.807) is 12.5 Å². The molecule has 4 nitrogen and oxygen atoms in total. The zero-order chi connectivity index (χ0) is 12.5. The number of aromatic nitrogens is 2. The molecule has 0 bridgehead atoms. The number of nitrogens with zero attached hydrogens (tertiary/aromatic N) is 2. The van der Waals surface area contributed by atoms with Crippen molar-refractivity contribution in [2.45, 2.75) is 25.0 Å². The molecule has 1 heterocycles. The van der Waals surface area contributed by atoms with Crippen LogP contribution in [0.25, 0.3) is 0 Å². The van der Waals surface area contributed by atoms with E-state index in [9.17, 15) is 0 Å². The fraction of sp³-hybridized carbons (Fsp3) is 0.357. The van der Waals surface area contributed by atoms with Gasteiger partial charge < -0.3 is 15.0 Å². The SMILES string of the molecule is Cn1cncc1C(N)c1ccc(OC2CC2)cc1. The smallest absolute Gasteiger partial charge is 0.119 e. The first kappa shape index (κ1) is 11.3. The first-order valence-corrected chi connectivity index (χ1v) is 6.22. The Kier molecular flexibility index (Phi) is 2.80. The normalized spacial score (nSPS) is 16.6. The first-order chi connectivity index (χ1) is 8.74. The number of aryl methyl sites for hydroxylation is 1. The topological polar surface area (TPSA) is 53.1 Å². The third-order valence-electron chi connectivity index (χ3n) is 3.24. The minimum atomic E-state index is -0.146. The van der Waals surface area contributed by atoms with Crippen LogP contribution in [0.3, 0.4) is 0 Å². The molecule has 1 atom stereocenters. The van der Waals surface area contributed by atoms with Crippen molar-refractivity contribution in [3.05, 3.63) is 48.0 Å². The fourth-order valence-corrected chi connectivity index (χ4v) is 1.97. The molecule has 1 fully saturated rings. The molecule has 0 radical (unpaired) electrons. The summed E-state index contributed by atoms with van der Waals surface area (Å²) in [6.45, 7) is 0. The van der Waals surface area contributed by atoms with E-state index in [0.717, 1.165) is 17.0 Å². The largest absolute Gasteiger partial charge is 0.490 e. The van der Waals surface area contributed by atoms with E-state index < -0.39 is 0 Å². The molecular formula is C14H17N3O. The number of imidazole rings is 1. The summed E-state index contributed by atoms with van der Waals surface area (Å²) in [4.78, 5) is 4.09. The molecule has 2 N–H and O–H groups in total. The summed E-state index contributed by atoms with van der Waals surface area (Å²) in [5.74, 6) is 0.929. The zero-order valence-corrected chi connectivity index (χ0v) is 10.4. The van der Waals surface area contributed by atoms with Gasteiger partial charge in [0.25, 0.3) is 0 Å². The van der Waals surface area contributed by atoms with Crippen molar-refractivity contribution < 1.29 is 4.74 Å². The number of hydrogen-bond acceptors (Lipinski definition) is 3. The lowest BCUT2D eigenvalue weighted by Gasteiger charge is -2.13. The third kappa shape index (κ3) is 2.24. The molecule has 1 saturated carbocycles. The minimum Gasteiger partial charge on any atom is -0.490 e. The first-order valence-electron chi connectivity index (χ1n) is 6.22. The summed E-state index contributed by atoms with van der Waals surface area (Å²) < 4.78 is 7.66. The standard InChI is InChI=1S/C14H17N3O/c1-17-9-16-8-13(17)14(15)10-2-4-11(5-3-10)18-12-6-7-12/h2-5,8-9,12,14H,6-7,15H2,1H3. The molecule has 2 aromatic rings. The summed E-state index contributed by atoms with van der Waals surface area (Å²) in [5.41, 5.74) is 8.30. The maximum atomic E-state index is 6.22. The molecule has 3 rings (SSSR count). The fourth-order valence-electron chi connectivity index (χ4n) is 1.97. The Hall–Kier alpha value is -1.81. The average Bonchev–Trinajstić information content (AvgIpc) is 3.09. The zero-order valence-electron chi connectivity index (χ0n) is 10.4. The predicted octanol–water partition coefficient (Wildman–Crippen LogP) is 2.01. The van der Waals surface area contributed by atoms with E-state index in [-0.39, 0.29) is 6.04 Å². The summed E-state index contributed by atoms with van der Waals surface area (Å²) in [7, 11) is 1.95. The van der Waals surface area contributed by atoms with Gasteiger partial charge in [-0.3, -0.25) is 0 Å². The maximum Gasteiger partial charge on any atom is 0.119 e. The van der Waals surface area contributed by atoms with Gasteiger partial charge in [0.15, 0.2) is 0 Å². The Morgan fingerprint density at radius 1 is 1.33 bits per heavy atom. The van der Waals surface area contributed by atoms with Crippen molar-refractivity contribution in [1.82, 2.24) is 9.55 Å². The molecule has 18 heavy (non-hydrogen) atoms. The highest BCUT2D eigenvalue weighted by molar-refractivity contribution is 5.33. The van der Waals surface area contributed by atoms with Gasteiger partial charge in [0.2, 0.25) is 0 Å². The van der Waals surface area contributed by atoms with Crippen molar-refractivity contribution in [3.8, 4) is 5.75 Å². The Balaban J connectivity index is 1.77. The summed E-state index contributed by atoms with van der Waals surface area (Å²) in [6, 6.07) is 7.88. The van der Waals surface area contributed by atoms with Gasteiger partial charge in [-0.15, -0.1) is 0 Å². The quantitative estimate of drug-likeness (QED) is 0.893. The highest BCUT2D eigenvalue weighted by Gasteiger charge is 2.23. The second-order valence-corrected chi connectivity index (χ2v) is 4.79. The number of nitrogens with two attached hydrogens (primary N) is 1. The molecule has 1 unspecified atom stereocenters. The Bertz CT molecular complexity index is 528. The van der Waals surface area contributed by atoms with Crippen molar-refractivity contribution in [2.75, 3.05) is 0 Å². The van der Waals surface area contributed by atoms with Crippen molar-refractivity contribution >= 4 is 0 Å². The summed E-state index contributed by atoms with van der Waals surface area (Å²) in [5, 5.41) is 0. The van der Waals surface area contributed by atoms with Crippen LogP contribution in [0.2, 0.25) is 0 Å². The van der Waals surface area contributed by atoms with E-state index in [1.165, 1.54) is 12.8 Å². The summed E-state index contributed by atoms with van der Waals surface area (Å²) in [6.07, 6.45) is 6.35. The van der Waals surface area contributed by atoms with Gasteiger partial charge in [0, 0.05) is 7.05 Å². The predicted molar refractivity (Wildman–Crippen MR) is 69.3 cm³/mol. The lowest BCUT2D eigenvalue weighted by molar-refractivity contribution is 0.303. The van der Waals surface area contributed by atoms with Crippen LogP contribution in [-0.4, -0.2) is 15.7 Å². The molecule has 1 aliphatic carbocycles. The number of ether oxygens (including phenoxy) is 1. The van der Waals surface area contributed by atoms with Gasteiger partial charge in [-0.25, -0.2) is 4.98 Å². The van der Waals surface area contributed by atoms with Gasteiger partial charge in [0.1, 0.15) is 5.75 Å². The maximum absolute atomic E-state index is 6.22. The van der Waals surface area contributed by atoms with Crippen LogP contribution in [0.4, 0.5) is 0 Å². The average molecular weight is 243 g/mol. The summed E-state index contributed by atoms with van der Waals surface area (Å²) >= 11 is 0. The van der Waals surface area contributed by atoms with E-state index in [0.29, 0.717) is 6.10 Å². The monoisotopic (exact) mass is 243 g/mol. The highest BCUT2D eigenvalue weighted by Crippen LogP contribution is 2.28. The van der Waals surface area contributed by atoms with Crippen LogP contribution < -0.4 is 10.5 Å². The van der Waals surface area contributed by atoms with Gasteiger partial charge in [-0.1, -0.05) is 12.1 Å². The Labute approximate surface area is 106 Å². The Morgan fingerprint density at radius 3 is 2.61 bits per heavy atom. The van der Waals surface area contributed by atoms with Crippen molar-refractivity contribution in [3.63, 3.8) is 0 Å². The van der Waals surface area contributed by atoms with Crippen LogP contribution in [0, 0.1) is 0 Å². The molecule has 1 aromatic carbocycles. The molecule has 94 valence electrons. The van der Waals surface area contributed by atoms with Crippen LogP contribution in [0.5, 0.6) is 5.75 Å². The van der Waals surface area contributed by atoms with Gasteiger partial charge in [0.05, 0.1) is 30.4 Å². The molecule has 0 aliphatic heterocycles. The second kappa shape index (κ2) is 4.46. The molecule has 1 aliphatic rings. The van der Waals surface area contributed by atoms with Crippen LogP contribution in [-0.2, 0) is 7.05 Å². The molecule has 0 spiro atoms. The molecule has 1 aromatic heterocycles. The van der Waals surface area contributed by atoms with Gasteiger partial charge in [-0.05, 0) is 30.5 Å². The third-order valence-corrected chi connectivity index (χ3v) is 3.24. The van der Waals surface area contributed by atoms with Crippen LogP contribution in [0.1, 0.15) is 30.1 Å². The van der Waals surface area contributed by atoms with Gasteiger partial charge in [-0.2, -0.15) is 0 Å². The number of rotatable bonds is 4. The van der Waals surface area contributed by atoms with E-state index in [4.69, 9.17) is 10.5 Å². The highest BCUT2D eigenvalue weighted by atomic mass is 16.5. The number of benzene rings is 1.